The summed E-state index contributed by atoms with van der Waals surface area (Å²) in [4.78, 5) is 13.8. The molecule has 0 saturated heterocycles. The Morgan fingerprint density at radius 1 is 1.36 bits per heavy atom. The predicted molar refractivity (Wildman–Crippen MR) is 80.1 cm³/mol. The second-order valence-corrected chi connectivity index (χ2v) is 5.80. The Bertz CT molecular complexity index is 487. The number of hydrogen-bond acceptors (Lipinski definition) is 4. The highest BCUT2D eigenvalue weighted by atomic mass is 19.3. The fourth-order valence-electron chi connectivity index (χ4n) is 1.91. The smallest absolute Gasteiger partial charge is 0.387 e. The molecule has 0 bridgehead atoms. The van der Waals surface area contributed by atoms with Gasteiger partial charge in [0.1, 0.15) is 5.75 Å². The lowest BCUT2D eigenvalue weighted by atomic mass is 10.1. The molecule has 1 amide bonds. The number of nitrogens with zero attached hydrogens (tertiary/aromatic N) is 1. The first-order valence-corrected chi connectivity index (χ1v) is 6.87. The van der Waals surface area contributed by atoms with Crippen LogP contribution in [0.15, 0.2) is 24.3 Å². The minimum absolute atomic E-state index is 0.0280. The molecule has 0 heterocycles. The second-order valence-electron chi connectivity index (χ2n) is 5.80. The van der Waals surface area contributed by atoms with E-state index in [9.17, 15) is 18.7 Å². The van der Waals surface area contributed by atoms with Gasteiger partial charge in [0.15, 0.2) is 0 Å². The van der Waals surface area contributed by atoms with Crippen molar-refractivity contribution in [2.75, 3.05) is 18.9 Å². The summed E-state index contributed by atoms with van der Waals surface area (Å²) in [7, 11) is 1.74. The molecule has 0 aliphatic heterocycles. The Kier molecular flexibility index (Phi) is 6.25. The number of halogens is 2. The van der Waals surface area contributed by atoms with Crippen LogP contribution in [0.2, 0.25) is 0 Å². The van der Waals surface area contributed by atoms with Gasteiger partial charge in [-0.15, -0.1) is 0 Å². The highest BCUT2D eigenvalue weighted by molar-refractivity contribution is 5.94. The highest BCUT2D eigenvalue weighted by Gasteiger charge is 2.23. The van der Waals surface area contributed by atoms with E-state index in [1.165, 1.54) is 24.3 Å². The van der Waals surface area contributed by atoms with Crippen LogP contribution in [0.4, 0.5) is 14.5 Å². The SMILES string of the molecule is CC(C(=O)Nc1ccc(OC(F)F)cc1)N(C)CC(C)(C)O. The maximum Gasteiger partial charge on any atom is 0.387 e. The molecule has 2 N–H and O–H groups in total. The van der Waals surface area contributed by atoms with E-state index >= 15 is 0 Å². The van der Waals surface area contributed by atoms with Crippen LogP contribution in [0.1, 0.15) is 20.8 Å². The minimum atomic E-state index is -2.88. The number of benzene rings is 1. The zero-order chi connectivity index (χ0) is 16.9. The second kappa shape index (κ2) is 7.51. The van der Waals surface area contributed by atoms with Gasteiger partial charge >= 0.3 is 6.61 Å². The molecule has 1 unspecified atom stereocenters. The number of aliphatic hydroxyl groups is 1. The Morgan fingerprint density at radius 3 is 2.36 bits per heavy atom. The number of ether oxygens (including phenoxy) is 1. The average molecular weight is 316 g/mol. The van der Waals surface area contributed by atoms with Crippen molar-refractivity contribution in [2.45, 2.75) is 39.0 Å². The van der Waals surface area contributed by atoms with Crippen molar-refractivity contribution in [1.82, 2.24) is 4.90 Å². The number of likely N-dealkylation sites (N-methyl/N-ethyl adjacent to an activating group) is 1. The summed E-state index contributed by atoms with van der Waals surface area (Å²) >= 11 is 0. The summed E-state index contributed by atoms with van der Waals surface area (Å²) in [6.07, 6.45) is 0. The predicted octanol–water partition coefficient (Wildman–Crippen LogP) is 2.32. The number of hydrogen-bond donors (Lipinski definition) is 2. The van der Waals surface area contributed by atoms with Gasteiger partial charge in [-0.2, -0.15) is 8.78 Å². The van der Waals surface area contributed by atoms with Gasteiger partial charge in [-0.1, -0.05) is 0 Å². The lowest BCUT2D eigenvalue weighted by Gasteiger charge is -2.29. The number of carbonyl (C=O) groups is 1. The van der Waals surface area contributed by atoms with Crippen LogP contribution >= 0.6 is 0 Å². The third kappa shape index (κ3) is 6.36. The molecule has 0 aliphatic rings. The molecule has 22 heavy (non-hydrogen) atoms. The number of carbonyl (C=O) groups excluding carboxylic acids is 1. The van der Waals surface area contributed by atoms with E-state index in [4.69, 9.17) is 0 Å². The number of alkyl halides is 2. The first kappa shape index (κ1) is 18.3. The summed E-state index contributed by atoms with van der Waals surface area (Å²) in [5, 5.41) is 12.4. The molecule has 7 heteroatoms. The zero-order valence-electron chi connectivity index (χ0n) is 13.1. The van der Waals surface area contributed by atoms with Crippen molar-refractivity contribution in [2.24, 2.45) is 0 Å². The Morgan fingerprint density at radius 2 is 1.91 bits per heavy atom. The van der Waals surface area contributed by atoms with Gasteiger partial charge in [0.25, 0.3) is 0 Å². The third-order valence-corrected chi connectivity index (χ3v) is 3.02. The van der Waals surface area contributed by atoms with Crippen LogP contribution in [-0.2, 0) is 4.79 Å². The van der Waals surface area contributed by atoms with Gasteiger partial charge in [-0.05, 0) is 52.1 Å². The Balaban J connectivity index is 2.60. The van der Waals surface area contributed by atoms with Gasteiger partial charge in [0.05, 0.1) is 11.6 Å². The van der Waals surface area contributed by atoms with Crippen LogP contribution in [0.25, 0.3) is 0 Å². The standard InChI is InChI=1S/C15H22F2N2O3/c1-10(19(4)9-15(2,3)21)13(20)18-11-5-7-12(8-6-11)22-14(16)17/h5-8,10,14,21H,9H2,1-4H3,(H,18,20). The van der Waals surface area contributed by atoms with E-state index in [-0.39, 0.29) is 11.7 Å². The van der Waals surface area contributed by atoms with E-state index in [0.717, 1.165) is 0 Å². The zero-order valence-corrected chi connectivity index (χ0v) is 13.1. The number of rotatable bonds is 7. The normalized spacial score (nSPS) is 13.3. The number of amides is 1. The highest BCUT2D eigenvalue weighted by Crippen LogP contribution is 2.18. The summed E-state index contributed by atoms with van der Waals surface area (Å²) in [5.74, 6) is -0.227. The molecule has 0 radical (unpaired) electrons. The number of nitrogens with one attached hydrogen (secondary N) is 1. The van der Waals surface area contributed by atoms with Crippen molar-refractivity contribution < 1.29 is 23.4 Å². The number of anilines is 1. The van der Waals surface area contributed by atoms with Crippen molar-refractivity contribution in [3.05, 3.63) is 24.3 Å². The van der Waals surface area contributed by atoms with Crippen LogP contribution in [0.5, 0.6) is 5.75 Å². The molecule has 0 spiro atoms. The monoisotopic (exact) mass is 316 g/mol. The molecule has 124 valence electrons. The quantitative estimate of drug-likeness (QED) is 0.810. The summed E-state index contributed by atoms with van der Waals surface area (Å²) in [6.45, 7) is 2.50. The van der Waals surface area contributed by atoms with E-state index < -0.39 is 18.3 Å². The topological polar surface area (TPSA) is 61.8 Å². The molecular weight excluding hydrogens is 294 g/mol. The van der Waals surface area contributed by atoms with Crippen LogP contribution in [0.3, 0.4) is 0 Å². The van der Waals surface area contributed by atoms with E-state index in [0.29, 0.717) is 12.2 Å². The molecule has 0 saturated carbocycles. The third-order valence-electron chi connectivity index (χ3n) is 3.02. The maximum absolute atomic E-state index is 12.1. The molecule has 1 atom stereocenters. The summed E-state index contributed by atoms with van der Waals surface area (Å²) < 4.78 is 28.3. The van der Waals surface area contributed by atoms with Gasteiger partial charge in [0, 0.05) is 12.2 Å². The van der Waals surface area contributed by atoms with Crippen molar-refractivity contribution in [3.8, 4) is 5.75 Å². The van der Waals surface area contributed by atoms with Crippen molar-refractivity contribution >= 4 is 11.6 Å². The average Bonchev–Trinajstić information content (AvgIpc) is 2.37. The first-order chi connectivity index (χ1) is 10.1. The van der Waals surface area contributed by atoms with Crippen molar-refractivity contribution in [1.29, 1.82) is 0 Å². The van der Waals surface area contributed by atoms with E-state index in [1.807, 2.05) is 0 Å². The minimum Gasteiger partial charge on any atom is -0.435 e. The molecule has 5 nitrogen and oxygen atoms in total. The molecule has 1 rings (SSSR count). The molecule has 1 aromatic carbocycles. The Hall–Kier alpha value is -1.73. The van der Waals surface area contributed by atoms with Crippen LogP contribution < -0.4 is 10.1 Å². The van der Waals surface area contributed by atoms with Gasteiger partial charge in [-0.3, -0.25) is 9.69 Å². The van der Waals surface area contributed by atoms with Crippen LogP contribution in [-0.4, -0.2) is 47.8 Å². The molecule has 0 fully saturated rings. The summed E-state index contributed by atoms with van der Waals surface area (Å²) in [6, 6.07) is 5.22. The van der Waals surface area contributed by atoms with Gasteiger partial charge < -0.3 is 15.2 Å². The molecule has 1 aromatic rings. The maximum atomic E-state index is 12.1. The summed E-state index contributed by atoms with van der Waals surface area (Å²) in [5.41, 5.74) is -0.424. The fraction of sp³-hybridized carbons (Fsp3) is 0.533. The van der Waals surface area contributed by atoms with Gasteiger partial charge in [-0.25, -0.2) is 0 Å². The van der Waals surface area contributed by atoms with E-state index in [2.05, 4.69) is 10.1 Å². The largest absolute Gasteiger partial charge is 0.435 e. The molecular formula is C15H22F2N2O3. The fourth-order valence-corrected chi connectivity index (χ4v) is 1.91. The Labute approximate surface area is 128 Å². The van der Waals surface area contributed by atoms with Crippen molar-refractivity contribution in [3.63, 3.8) is 0 Å². The van der Waals surface area contributed by atoms with Crippen LogP contribution in [0, 0.1) is 0 Å². The lowest BCUT2D eigenvalue weighted by Crippen LogP contribution is -2.46. The molecule has 0 aromatic heterocycles. The van der Waals surface area contributed by atoms with Gasteiger partial charge in [0.2, 0.25) is 5.91 Å². The first-order valence-electron chi connectivity index (χ1n) is 6.87. The lowest BCUT2D eigenvalue weighted by molar-refractivity contribution is -0.121. The molecule has 0 aliphatic carbocycles. The van der Waals surface area contributed by atoms with E-state index in [1.54, 1.807) is 32.7 Å².